The van der Waals surface area contributed by atoms with Crippen LogP contribution in [0.4, 0.5) is 5.69 Å². The summed E-state index contributed by atoms with van der Waals surface area (Å²) in [5.41, 5.74) is 2.33. The molecule has 2 heterocycles. The van der Waals surface area contributed by atoms with Crippen molar-refractivity contribution in [1.29, 1.82) is 0 Å². The fourth-order valence-electron chi connectivity index (χ4n) is 4.28. The highest BCUT2D eigenvalue weighted by Gasteiger charge is 2.37. The van der Waals surface area contributed by atoms with Gasteiger partial charge in [0.15, 0.2) is 5.11 Å². The zero-order valence-electron chi connectivity index (χ0n) is 14.3. The first-order chi connectivity index (χ1) is 11.2. The molecule has 23 heavy (non-hydrogen) atoms. The summed E-state index contributed by atoms with van der Waals surface area (Å²) in [5, 5.41) is 7.72. The molecule has 3 rings (SSSR count). The van der Waals surface area contributed by atoms with Crippen LogP contribution in [0.2, 0.25) is 0 Å². The first kappa shape index (κ1) is 16.7. The maximum Gasteiger partial charge on any atom is 0.171 e. The number of nitrogens with zero attached hydrogens (tertiary/aromatic N) is 1. The zero-order valence-corrected chi connectivity index (χ0v) is 15.2. The molecule has 2 saturated heterocycles. The SMILES string of the molecule is CCCN1[C@H]2CCC[C@H]1CC(NC(=S)Nc1ccccc1C)C2. The molecule has 2 bridgehead atoms. The molecule has 1 aromatic carbocycles. The minimum Gasteiger partial charge on any atom is -0.360 e. The Balaban J connectivity index is 1.57. The van der Waals surface area contributed by atoms with Crippen molar-refractivity contribution in [3.8, 4) is 0 Å². The summed E-state index contributed by atoms with van der Waals surface area (Å²) >= 11 is 5.55. The Morgan fingerprint density at radius 2 is 1.91 bits per heavy atom. The fourth-order valence-corrected chi connectivity index (χ4v) is 4.55. The number of anilines is 1. The maximum absolute atomic E-state index is 5.55. The number of fused-ring (bicyclic) bond motifs is 2. The van der Waals surface area contributed by atoms with Crippen LogP contribution in [-0.4, -0.2) is 34.7 Å². The Bertz CT molecular complexity index is 531. The average molecular weight is 332 g/mol. The molecular formula is C19H29N3S. The molecule has 1 aromatic rings. The molecule has 0 aliphatic carbocycles. The first-order valence-electron chi connectivity index (χ1n) is 9.06. The quantitative estimate of drug-likeness (QED) is 0.813. The van der Waals surface area contributed by atoms with Crippen molar-refractivity contribution in [3.63, 3.8) is 0 Å². The van der Waals surface area contributed by atoms with Crippen LogP contribution in [0, 0.1) is 6.92 Å². The number of aryl methyl sites for hydroxylation is 1. The highest BCUT2D eigenvalue weighted by molar-refractivity contribution is 7.80. The summed E-state index contributed by atoms with van der Waals surface area (Å²) in [6.45, 7) is 5.66. The third kappa shape index (κ3) is 4.04. The minimum absolute atomic E-state index is 0.516. The molecule has 0 unspecified atom stereocenters. The normalized spacial score (nSPS) is 27.5. The molecule has 0 saturated carbocycles. The van der Waals surface area contributed by atoms with E-state index >= 15 is 0 Å². The fraction of sp³-hybridized carbons (Fsp3) is 0.632. The Morgan fingerprint density at radius 1 is 1.22 bits per heavy atom. The number of hydrogen-bond acceptors (Lipinski definition) is 2. The van der Waals surface area contributed by atoms with E-state index in [1.165, 1.54) is 50.6 Å². The lowest BCUT2D eigenvalue weighted by atomic mass is 9.81. The summed E-state index contributed by atoms with van der Waals surface area (Å²) in [4.78, 5) is 2.76. The molecule has 0 spiro atoms. The summed E-state index contributed by atoms with van der Waals surface area (Å²) in [7, 11) is 0. The van der Waals surface area contributed by atoms with Crippen LogP contribution in [-0.2, 0) is 0 Å². The van der Waals surface area contributed by atoms with Gasteiger partial charge in [0, 0.05) is 23.8 Å². The Labute approximate surface area is 145 Å². The van der Waals surface area contributed by atoms with Gasteiger partial charge in [-0.25, -0.2) is 0 Å². The van der Waals surface area contributed by atoms with Crippen molar-refractivity contribution in [3.05, 3.63) is 29.8 Å². The average Bonchev–Trinajstić information content (AvgIpc) is 2.50. The predicted octanol–water partition coefficient (Wildman–Crippen LogP) is 4.08. The first-order valence-corrected chi connectivity index (χ1v) is 9.47. The zero-order chi connectivity index (χ0) is 16.2. The van der Waals surface area contributed by atoms with Crippen LogP contribution >= 0.6 is 12.2 Å². The van der Waals surface area contributed by atoms with Gasteiger partial charge >= 0.3 is 0 Å². The van der Waals surface area contributed by atoms with Gasteiger partial charge in [-0.15, -0.1) is 0 Å². The number of thiocarbonyl (C=S) groups is 1. The monoisotopic (exact) mass is 331 g/mol. The van der Waals surface area contributed by atoms with Crippen molar-refractivity contribution in [2.45, 2.75) is 70.5 Å². The van der Waals surface area contributed by atoms with Gasteiger partial charge in [0.25, 0.3) is 0 Å². The molecule has 0 radical (unpaired) electrons. The lowest BCUT2D eigenvalue weighted by Crippen LogP contribution is -2.57. The van der Waals surface area contributed by atoms with Gasteiger partial charge in [-0.05, 0) is 69.4 Å². The Kier molecular flexibility index (Phi) is 5.54. The van der Waals surface area contributed by atoms with Gasteiger partial charge in [-0.3, -0.25) is 4.90 Å². The molecule has 0 aromatic heterocycles. The number of piperidine rings is 2. The smallest absolute Gasteiger partial charge is 0.171 e. The molecule has 2 aliphatic rings. The van der Waals surface area contributed by atoms with E-state index in [0.717, 1.165) is 22.9 Å². The third-order valence-electron chi connectivity index (χ3n) is 5.34. The van der Waals surface area contributed by atoms with E-state index in [2.05, 4.69) is 47.6 Å². The van der Waals surface area contributed by atoms with Crippen molar-refractivity contribution >= 4 is 23.0 Å². The summed E-state index contributed by atoms with van der Waals surface area (Å²) in [6, 6.07) is 10.3. The molecule has 0 amide bonds. The van der Waals surface area contributed by atoms with Crippen molar-refractivity contribution in [1.82, 2.24) is 10.2 Å². The van der Waals surface area contributed by atoms with Gasteiger partial charge in [0.2, 0.25) is 0 Å². The number of para-hydroxylation sites is 1. The van der Waals surface area contributed by atoms with Crippen molar-refractivity contribution < 1.29 is 0 Å². The van der Waals surface area contributed by atoms with E-state index in [0.29, 0.717) is 6.04 Å². The standard InChI is InChI=1S/C19H29N3S/c1-3-11-22-16-8-6-9-17(22)13-15(12-16)20-19(23)21-18-10-5-4-7-14(18)2/h4-5,7,10,15-17H,3,6,8-9,11-13H2,1-2H3,(H2,20,21,23)/t16-,17-/m0/s1. The minimum atomic E-state index is 0.516. The Hall–Kier alpha value is -1.13. The van der Waals surface area contributed by atoms with E-state index in [1.54, 1.807) is 0 Å². The number of benzene rings is 1. The molecule has 2 N–H and O–H groups in total. The lowest BCUT2D eigenvalue weighted by Gasteiger charge is -2.49. The number of nitrogens with one attached hydrogen (secondary N) is 2. The van der Waals surface area contributed by atoms with Crippen LogP contribution in [0.3, 0.4) is 0 Å². The highest BCUT2D eigenvalue weighted by atomic mass is 32.1. The van der Waals surface area contributed by atoms with Crippen LogP contribution < -0.4 is 10.6 Å². The maximum atomic E-state index is 5.55. The summed E-state index contributed by atoms with van der Waals surface area (Å²) in [6.07, 6.45) is 7.82. The second kappa shape index (κ2) is 7.63. The summed E-state index contributed by atoms with van der Waals surface area (Å²) in [5.74, 6) is 0. The van der Waals surface area contributed by atoms with Crippen LogP contribution in [0.25, 0.3) is 0 Å². The summed E-state index contributed by atoms with van der Waals surface area (Å²) < 4.78 is 0. The topological polar surface area (TPSA) is 27.3 Å². The molecule has 2 fully saturated rings. The van der Waals surface area contributed by atoms with Crippen molar-refractivity contribution in [2.24, 2.45) is 0 Å². The Morgan fingerprint density at radius 3 is 2.57 bits per heavy atom. The second-order valence-corrected chi connectivity index (χ2v) is 7.47. The van der Waals surface area contributed by atoms with Gasteiger partial charge < -0.3 is 10.6 Å². The van der Waals surface area contributed by atoms with Crippen LogP contribution in [0.5, 0.6) is 0 Å². The van der Waals surface area contributed by atoms with Gasteiger partial charge in [0.1, 0.15) is 0 Å². The predicted molar refractivity (Wildman–Crippen MR) is 102 cm³/mol. The molecular weight excluding hydrogens is 302 g/mol. The van der Waals surface area contributed by atoms with Crippen LogP contribution in [0.15, 0.2) is 24.3 Å². The van der Waals surface area contributed by atoms with Gasteiger partial charge in [-0.2, -0.15) is 0 Å². The van der Waals surface area contributed by atoms with E-state index in [9.17, 15) is 0 Å². The van der Waals surface area contributed by atoms with Gasteiger partial charge in [0.05, 0.1) is 0 Å². The van der Waals surface area contributed by atoms with E-state index in [-0.39, 0.29) is 0 Å². The molecule has 2 atom stereocenters. The van der Waals surface area contributed by atoms with E-state index < -0.39 is 0 Å². The second-order valence-electron chi connectivity index (χ2n) is 7.06. The van der Waals surface area contributed by atoms with Crippen LogP contribution in [0.1, 0.15) is 51.0 Å². The van der Waals surface area contributed by atoms with Gasteiger partial charge in [-0.1, -0.05) is 31.5 Å². The number of hydrogen-bond donors (Lipinski definition) is 2. The van der Waals surface area contributed by atoms with Crippen molar-refractivity contribution in [2.75, 3.05) is 11.9 Å². The van der Waals surface area contributed by atoms with E-state index in [1.807, 2.05) is 6.07 Å². The third-order valence-corrected chi connectivity index (χ3v) is 5.56. The molecule has 3 nitrogen and oxygen atoms in total. The molecule has 4 heteroatoms. The molecule has 126 valence electrons. The largest absolute Gasteiger partial charge is 0.360 e. The molecule has 2 aliphatic heterocycles. The highest BCUT2D eigenvalue weighted by Crippen LogP contribution is 2.34. The number of rotatable bonds is 4. The van der Waals surface area contributed by atoms with E-state index in [4.69, 9.17) is 12.2 Å². The lowest BCUT2D eigenvalue weighted by molar-refractivity contribution is 0.0284.